The van der Waals surface area contributed by atoms with E-state index in [-0.39, 0.29) is 0 Å². The van der Waals surface area contributed by atoms with Gasteiger partial charge in [-0.1, -0.05) is 18.7 Å². The number of ether oxygens (including phenoxy) is 1. The third-order valence-electron chi connectivity index (χ3n) is 5.54. The molecule has 28 heavy (non-hydrogen) atoms. The van der Waals surface area contributed by atoms with Crippen LogP contribution in [0.5, 0.6) is 5.88 Å². The molecule has 144 valence electrons. The number of pyridine rings is 1. The first kappa shape index (κ1) is 18.5. The highest BCUT2D eigenvalue weighted by Gasteiger charge is 2.18. The monoisotopic (exact) mass is 374 g/mol. The number of aryl methyl sites for hydroxylation is 1. The standard InChI is InChI=1S/C23H26N4O/c1-17-7-8-19-9-10-22(26-23(19)25-17)28-14-3-2-12-27-13-11-18-5-4-6-20(15-24)21(18)16-27/h4-6,9-10H,1-3,7-8,11-14,16H2,(H,25,26). The predicted octanol–water partition coefficient (Wildman–Crippen LogP) is 4.04. The molecular weight excluding hydrogens is 348 g/mol. The van der Waals surface area contributed by atoms with E-state index < -0.39 is 0 Å². The fraction of sp³-hybridized carbons (Fsp3) is 0.391. The van der Waals surface area contributed by atoms with E-state index in [1.54, 1.807) is 0 Å². The molecular formula is C23H26N4O. The van der Waals surface area contributed by atoms with Gasteiger partial charge in [0.1, 0.15) is 5.82 Å². The summed E-state index contributed by atoms with van der Waals surface area (Å²) in [5.74, 6) is 1.56. The number of fused-ring (bicyclic) bond motifs is 2. The molecule has 5 heteroatoms. The molecule has 0 fully saturated rings. The van der Waals surface area contributed by atoms with Crippen molar-refractivity contribution >= 4 is 5.82 Å². The maximum Gasteiger partial charge on any atom is 0.215 e. The van der Waals surface area contributed by atoms with E-state index >= 15 is 0 Å². The summed E-state index contributed by atoms with van der Waals surface area (Å²) in [6, 6.07) is 12.4. The van der Waals surface area contributed by atoms with Gasteiger partial charge in [0.25, 0.3) is 0 Å². The number of aromatic nitrogens is 1. The number of nitrogens with zero attached hydrogens (tertiary/aromatic N) is 3. The van der Waals surface area contributed by atoms with Crippen LogP contribution in [0.4, 0.5) is 5.82 Å². The van der Waals surface area contributed by atoms with Crippen LogP contribution >= 0.6 is 0 Å². The van der Waals surface area contributed by atoms with Crippen LogP contribution in [-0.4, -0.2) is 29.6 Å². The Kier molecular flexibility index (Phi) is 5.59. The molecule has 2 aromatic rings. The Balaban J connectivity index is 1.22. The summed E-state index contributed by atoms with van der Waals surface area (Å²) in [6.45, 7) is 7.62. The van der Waals surface area contributed by atoms with Gasteiger partial charge in [0.05, 0.1) is 18.2 Å². The quantitative estimate of drug-likeness (QED) is 0.773. The summed E-state index contributed by atoms with van der Waals surface area (Å²) in [5, 5.41) is 12.6. The number of rotatable bonds is 6. The summed E-state index contributed by atoms with van der Waals surface area (Å²) < 4.78 is 5.85. The lowest BCUT2D eigenvalue weighted by Crippen LogP contribution is -2.32. The summed E-state index contributed by atoms with van der Waals surface area (Å²) in [6.07, 6.45) is 5.04. The van der Waals surface area contributed by atoms with Crippen molar-refractivity contribution < 1.29 is 4.74 Å². The summed E-state index contributed by atoms with van der Waals surface area (Å²) in [5.41, 5.74) is 5.59. The van der Waals surface area contributed by atoms with E-state index in [2.05, 4.69) is 40.0 Å². The number of benzene rings is 1. The molecule has 0 aliphatic carbocycles. The SMILES string of the molecule is C=C1CCc2ccc(OCCCCN3CCc4cccc(C#N)c4C3)nc2N1. The molecule has 2 aliphatic heterocycles. The van der Waals surface area contributed by atoms with Crippen molar-refractivity contribution in [1.82, 2.24) is 9.88 Å². The molecule has 0 atom stereocenters. The first-order chi connectivity index (χ1) is 13.7. The molecule has 4 rings (SSSR count). The van der Waals surface area contributed by atoms with Crippen LogP contribution in [0.15, 0.2) is 42.6 Å². The second-order valence-electron chi connectivity index (χ2n) is 7.52. The highest BCUT2D eigenvalue weighted by atomic mass is 16.5. The highest BCUT2D eigenvalue weighted by Crippen LogP contribution is 2.26. The Morgan fingerprint density at radius 3 is 2.96 bits per heavy atom. The molecule has 3 heterocycles. The summed E-state index contributed by atoms with van der Waals surface area (Å²) in [7, 11) is 0. The predicted molar refractivity (Wildman–Crippen MR) is 110 cm³/mol. The number of allylic oxidation sites excluding steroid dienone is 1. The van der Waals surface area contributed by atoms with E-state index in [1.807, 2.05) is 18.2 Å². The number of hydrogen-bond acceptors (Lipinski definition) is 5. The minimum absolute atomic E-state index is 0.667. The zero-order chi connectivity index (χ0) is 19.3. The van der Waals surface area contributed by atoms with Gasteiger partial charge in [0.2, 0.25) is 5.88 Å². The first-order valence-electron chi connectivity index (χ1n) is 10.0. The zero-order valence-corrected chi connectivity index (χ0v) is 16.2. The average molecular weight is 374 g/mol. The lowest BCUT2D eigenvalue weighted by atomic mass is 9.95. The third-order valence-corrected chi connectivity index (χ3v) is 5.54. The Hall–Kier alpha value is -2.84. The van der Waals surface area contributed by atoms with Crippen molar-refractivity contribution in [2.24, 2.45) is 0 Å². The van der Waals surface area contributed by atoms with Crippen molar-refractivity contribution in [2.45, 2.75) is 38.6 Å². The third kappa shape index (κ3) is 4.18. The van der Waals surface area contributed by atoms with E-state index in [4.69, 9.17) is 4.74 Å². The fourth-order valence-electron chi connectivity index (χ4n) is 3.92. The van der Waals surface area contributed by atoms with Crippen LogP contribution in [0.2, 0.25) is 0 Å². The molecule has 0 amide bonds. The van der Waals surface area contributed by atoms with Gasteiger partial charge in [-0.15, -0.1) is 0 Å². The van der Waals surface area contributed by atoms with Crippen LogP contribution in [0.25, 0.3) is 0 Å². The maximum absolute atomic E-state index is 9.32. The number of hydrogen-bond donors (Lipinski definition) is 1. The Morgan fingerprint density at radius 1 is 1.14 bits per heavy atom. The van der Waals surface area contributed by atoms with E-state index in [9.17, 15) is 5.26 Å². The van der Waals surface area contributed by atoms with Crippen molar-refractivity contribution in [3.63, 3.8) is 0 Å². The fourth-order valence-corrected chi connectivity index (χ4v) is 3.92. The lowest BCUT2D eigenvalue weighted by molar-refractivity contribution is 0.233. The topological polar surface area (TPSA) is 61.2 Å². The van der Waals surface area contributed by atoms with Gasteiger partial charge in [0, 0.05) is 24.9 Å². The van der Waals surface area contributed by atoms with Crippen LogP contribution < -0.4 is 10.1 Å². The molecule has 1 aromatic heterocycles. The number of anilines is 1. The van der Waals surface area contributed by atoms with Crippen molar-refractivity contribution in [1.29, 1.82) is 5.26 Å². The zero-order valence-electron chi connectivity index (χ0n) is 16.2. The van der Waals surface area contributed by atoms with E-state index in [0.29, 0.717) is 12.5 Å². The van der Waals surface area contributed by atoms with E-state index in [1.165, 1.54) is 16.7 Å². The average Bonchev–Trinajstić information content (AvgIpc) is 2.72. The highest BCUT2D eigenvalue weighted by molar-refractivity contribution is 5.53. The smallest absolute Gasteiger partial charge is 0.215 e. The summed E-state index contributed by atoms with van der Waals surface area (Å²) >= 11 is 0. The normalized spacial score (nSPS) is 15.9. The molecule has 5 nitrogen and oxygen atoms in total. The van der Waals surface area contributed by atoms with Gasteiger partial charge < -0.3 is 10.1 Å². The molecule has 0 radical (unpaired) electrons. The van der Waals surface area contributed by atoms with Gasteiger partial charge >= 0.3 is 0 Å². The minimum Gasteiger partial charge on any atom is -0.478 e. The second-order valence-corrected chi connectivity index (χ2v) is 7.52. The molecule has 2 aliphatic rings. The van der Waals surface area contributed by atoms with Gasteiger partial charge in [-0.2, -0.15) is 10.2 Å². The lowest BCUT2D eigenvalue weighted by Gasteiger charge is -2.29. The molecule has 0 saturated heterocycles. The number of nitriles is 1. The molecule has 1 aromatic carbocycles. The second kappa shape index (κ2) is 8.45. The Labute approximate surface area is 166 Å². The van der Waals surface area contributed by atoms with Crippen molar-refractivity contribution in [3.05, 3.63) is 64.9 Å². The van der Waals surface area contributed by atoms with Gasteiger partial charge in [0.15, 0.2) is 0 Å². The van der Waals surface area contributed by atoms with Gasteiger partial charge in [-0.05, 0) is 67.5 Å². The Morgan fingerprint density at radius 2 is 2.07 bits per heavy atom. The maximum atomic E-state index is 9.32. The van der Waals surface area contributed by atoms with Crippen molar-refractivity contribution in [3.8, 4) is 11.9 Å². The Bertz CT molecular complexity index is 915. The van der Waals surface area contributed by atoms with Gasteiger partial charge in [-0.25, -0.2) is 0 Å². The molecule has 0 bridgehead atoms. The molecule has 0 unspecified atom stereocenters. The first-order valence-corrected chi connectivity index (χ1v) is 10.0. The largest absolute Gasteiger partial charge is 0.478 e. The van der Waals surface area contributed by atoms with Crippen LogP contribution in [0.3, 0.4) is 0 Å². The minimum atomic E-state index is 0.667. The van der Waals surface area contributed by atoms with Crippen LogP contribution in [0.1, 0.15) is 41.5 Å². The number of unbranched alkanes of at least 4 members (excludes halogenated alkanes) is 1. The van der Waals surface area contributed by atoms with Crippen molar-refractivity contribution in [2.75, 3.05) is 25.0 Å². The molecule has 0 spiro atoms. The van der Waals surface area contributed by atoms with Gasteiger partial charge in [-0.3, -0.25) is 4.90 Å². The van der Waals surface area contributed by atoms with Crippen LogP contribution in [0, 0.1) is 11.3 Å². The number of nitrogens with one attached hydrogen (secondary N) is 1. The van der Waals surface area contributed by atoms with E-state index in [0.717, 1.165) is 68.8 Å². The summed E-state index contributed by atoms with van der Waals surface area (Å²) in [4.78, 5) is 7.00. The molecule has 0 saturated carbocycles. The molecule has 1 N–H and O–H groups in total. The van der Waals surface area contributed by atoms with Crippen LogP contribution in [-0.2, 0) is 19.4 Å².